The van der Waals surface area contributed by atoms with E-state index in [4.69, 9.17) is 5.73 Å². The molecule has 0 spiro atoms. The molecule has 0 bridgehead atoms. The van der Waals surface area contributed by atoms with Crippen molar-refractivity contribution in [2.45, 2.75) is 13.3 Å². The molecule has 1 aliphatic rings. The highest BCUT2D eigenvalue weighted by Gasteiger charge is 2.40. The fraction of sp³-hybridized carbons (Fsp3) is 0.636. The Hall–Kier alpha value is -1.72. The first-order chi connectivity index (χ1) is 7.96. The van der Waals surface area contributed by atoms with Crippen molar-refractivity contribution < 1.29 is 4.79 Å². The van der Waals surface area contributed by atoms with Crippen molar-refractivity contribution >= 4 is 17.4 Å². The lowest BCUT2D eigenvalue weighted by Gasteiger charge is -2.22. The molecular formula is C11H19N5O. The highest BCUT2D eigenvalue weighted by Crippen LogP contribution is 2.34. The first kappa shape index (κ1) is 11.8. The number of anilines is 2. The number of aromatic nitrogens is 2. The van der Waals surface area contributed by atoms with Gasteiger partial charge in [0, 0.05) is 33.4 Å². The first-order valence-electron chi connectivity index (χ1n) is 5.72. The van der Waals surface area contributed by atoms with Gasteiger partial charge in [0.2, 0.25) is 5.91 Å². The average Bonchev–Trinajstić information content (AvgIpc) is 2.82. The Morgan fingerprint density at radius 3 is 2.88 bits per heavy atom. The van der Waals surface area contributed by atoms with Crippen LogP contribution in [0.25, 0.3) is 0 Å². The van der Waals surface area contributed by atoms with Gasteiger partial charge in [-0.05, 0) is 13.3 Å². The van der Waals surface area contributed by atoms with Crippen LogP contribution in [-0.4, -0.2) is 35.8 Å². The molecule has 94 valence electrons. The second kappa shape index (κ2) is 3.94. The van der Waals surface area contributed by atoms with E-state index in [1.165, 1.54) is 0 Å². The fourth-order valence-corrected chi connectivity index (χ4v) is 2.37. The molecular weight excluding hydrogens is 218 g/mol. The molecule has 17 heavy (non-hydrogen) atoms. The summed E-state index contributed by atoms with van der Waals surface area (Å²) in [6, 6.07) is 0. The van der Waals surface area contributed by atoms with Gasteiger partial charge in [0.25, 0.3) is 0 Å². The zero-order valence-corrected chi connectivity index (χ0v) is 10.5. The molecule has 6 nitrogen and oxygen atoms in total. The van der Waals surface area contributed by atoms with E-state index in [-0.39, 0.29) is 11.3 Å². The van der Waals surface area contributed by atoms with Crippen LogP contribution in [0, 0.1) is 5.41 Å². The zero-order chi connectivity index (χ0) is 12.6. The van der Waals surface area contributed by atoms with E-state index in [2.05, 4.69) is 15.3 Å². The maximum Gasteiger partial charge on any atom is 0.227 e. The molecule has 1 aromatic rings. The van der Waals surface area contributed by atoms with Crippen LogP contribution in [-0.2, 0) is 11.8 Å². The summed E-state index contributed by atoms with van der Waals surface area (Å²) in [5.41, 5.74) is 6.21. The molecule has 3 N–H and O–H groups in total. The summed E-state index contributed by atoms with van der Waals surface area (Å²) in [7, 11) is 3.51. The monoisotopic (exact) mass is 237 g/mol. The van der Waals surface area contributed by atoms with Crippen LogP contribution in [0.4, 0.5) is 11.5 Å². The largest absolute Gasteiger partial charge is 0.394 e. The predicted molar refractivity (Wildman–Crippen MR) is 66.6 cm³/mol. The highest BCUT2D eigenvalue weighted by molar-refractivity contribution is 5.83. The minimum absolute atomic E-state index is 0.0782. The molecule has 1 atom stereocenters. The molecule has 0 aliphatic carbocycles. The van der Waals surface area contributed by atoms with Crippen LogP contribution in [0.2, 0.25) is 0 Å². The minimum atomic E-state index is -0.349. The first-order valence-corrected chi connectivity index (χ1v) is 5.72. The van der Waals surface area contributed by atoms with Gasteiger partial charge in [0.1, 0.15) is 0 Å². The standard InChI is InChI=1S/C11H19N5O/c1-11(10(17)13-2)4-5-16(7-11)9-8(12)6-15(3)14-9/h6H,4-5,7,12H2,1-3H3,(H,13,17). The van der Waals surface area contributed by atoms with Crippen LogP contribution in [0.15, 0.2) is 6.20 Å². The van der Waals surface area contributed by atoms with Crippen molar-refractivity contribution in [2.75, 3.05) is 30.8 Å². The fourth-order valence-electron chi connectivity index (χ4n) is 2.37. The van der Waals surface area contributed by atoms with Gasteiger partial charge in [-0.2, -0.15) is 5.10 Å². The lowest BCUT2D eigenvalue weighted by atomic mass is 9.89. The number of nitrogens with one attached hydrogen (secondary N) is 1. The third-order valence-electron chi connectivity index (χ3n) is 3.38. The summed E-state index contributed by atoms with van der Waals surface area (Å²) < 4.78 is 1.69. The summed E-state index contributed by atoms with van der Waals surface area (Å²) in [6.07, 6.45) is 2.60. The maximum atomic E-state index is 11.8. The molecule has 1 aromatic heterocycles. The number of amides is 1. The Balaban J connectivity index is 2.18. The predicted octanol–water partition coefficient (Wildman–Crippen LogP) is -0.0353. The Bertz CT molecular complexity index is 441. The molecule has 6 heteroatoms. The molecule has 1 saturated heterocycles. The van der Waals surface area contributed by atoms with Gasteiger partial charge in [-0.15, -0.1) is 0 Å². The number of aryl methyl sites for hydroxylation is 1. The molecule has 2 rings (SSSR count). The third kappa shape index (κ3) is 1.94. The van der Waals surface area contributed by atoms with Crippen molar-refractivity contribution in [1.82, 2.24) is 15.1 Å². The van der Waals surface area contributed by atoms with Gasteiger partial charge in [0.15, 0.2) is 5.82 Å². The van der Waals surface area contributed by atoms with E-state index in [0.29, 0.717) is 12.2 Å². The Kier molecular flexibility index (Phi) is 2.73. The number of nitrogens with two attached hydrogens (primary N) is 1. The summed E-state index contributed by atoms with van der Waals surface area (Å²) in [6.45, 7) is 3.45. The highest BCUT2D eigenvalue weighted by atomic mass is 16.2. The molecule has 0 saturated carbocycles. The minimum Gasteiger partial charge on any atom is -0.394 e. The van der Waals surface area contributed by atoms with E-state index in [1.807, 2.05) is 14.0 Å². The normalized spacial score (nSPS) is 24.1. The molecule has 0 radical (unpaired) electrons. The Labute approximate surface area is 101 Å². The van der Waals surface area contributed by atoms with Crippen molar-refractivity contribution in [1.29, 1.82) is 0 Å². The number of carbonyl (C=O) groups is 1. The van der Waals surface area contributed by atoms with Crippen molar-refractivity contribution in [3.05, 3.63) is 6.20 Å². The quantitative estimate of drug-likeness (QED) is 0.757. The van der Waals surface area contributed by atoms with E-state index in [0.717, 1.165) is 18.8 Å². The van der Waals surface area contributed by atoms with E-state index in [9.17, 15) is 4.79 Å². The number of nitrogens with zero attached hydrogens (tertiary/aromatic N) is 3. The zero-order valence-electron chi connectivity index (χ0n) is 10.5. The number of hydrogen-bond donors (Lipinski definition) is 2. The van der Waals surface area contributed by atoms with Gasteiger partial charge >= 0.3 is 0 Å². The summed E-state index contributed by atoms with van der Waals surface area (Å²) in [5.74, 6) is 0.856. The third-order valence-corrected chi connectivity index (χ3v) is 3.38. The van der Waals surface area contributed by atoms with Crippen LogP contribution in [0.3, 0.4) is 0 Å². The molecule has 1 unspecified atom stereocenters. The molecule has 1 amide bonds. The van der Waals surface area contributed by atoms with Gasteiger partial charge in [-0.3, -0.25) is 9.48 Å². The Morgan fingerprint density at radius 1 is 1.65 bits per heavy atom. The second-order valence-electron chi connectivity index (χ2n) is 4.89. The maximum absolute atomic E-state index is 11.8. The van der Waals surface area contributed by atoms with Crippen molar-refractivity contribution in [3.8, 4) is 0 Å². The van der Waals surface area contributed by atoms with E-state index < -0.39 is 0 Å². The molecule has 0 aromatic carbocycles. The number of rotatable bonds is 2. The molecule has 1 fully saturated rings. The van der Waals surface area contributed by atoms with E-state index in [1.54, 1.807) is 17.9 Å². The second-order valence-corrected chi connectivity index (χ2v) is 4.89. The SMILES string of the molecule is CNC(=O)C1(C)CCN(c2nn(C)cc2N)C1. The van der Waals surface area contributed by atoms with Gasteiger partial charge in [-0.25, -0.2) is 0 Å². The van der Waals surface area contributed by atoms with Crippen molar-refractivity contribution in [3.63, 3.8) is 0 Å². The summed E-state index contributed by atoms with van der Waals surface area (Å²) in [5, 5.41) is 7.05. The van der Waals surface area contributed by atoms with Crippen molar-refractivity contribution in [2.24, 2.45) is 12.5 Å². The average molecular weight is 237 g/mol. The summed E-state index contributed by atoms with van der Waals surface area (Å²) >= 11 is 0. The van der Waals surface area contributed by atoms with Crippen LogP contribution >= 0.6 is 0 Å². The lowest BCUT2D eigenvalue weighted by molar-refractivity contribution is -0.128. The number of carbonyl (C=O) groups excluding carboxylic acids is 1. The van der Waals surface area contributed by atoms with Crippen LogP contribution < -0.4 is 16.0 Å². The lowest BCUT2D eigenvalue weighted by Crippen LogP contribution is -2.39. The smallest absolute Gasteiger partial charge is 0.227 e. The van der Waals surface area contributed by atoms with Gasteiger partial charge in [0.05, 0.1) is 11.1 Å². The van der Waals surface area contributed by atoms with Gasteiger partial charge in [-0.1, -0.05) is 0 Å². The number of nitrogen functional groups attached to an aromatic ring is 1. The molecule has 1 aliphatic heterocycles. The van der Waals surface area contributed by atoms with Crippen LogP contribution in [0.5, 0.6) is 0 Å². The molecule has 2 heterocycles. The topological polar surface area (TPSA) is 76.2 Å². The van der Waals surface area contributed by atoms with E-state index >= 15 is 0 Å². The summed E-state index contributed by atoms with van der Waals surface area (Å²) in [4.78, 5) is 13.9. The van der Waals surface area contributed by atoms with Crippen LogP contribution in [0.1, 0.15) is 13.3 Å². The number of hydrogen-bond acceptors (Lipinski definition) is 4. The Morgan fingerprint density at radius 2 is 2.35 bits per heavy atom. The van der Waals surface area contributed by atoms with Gasteiger partial charge < -0.3 is 16.0 Å².